The van der Waals surface area contributed by atoms with Crippen LogP contribution < -0.4 is 20.9 Å². The van der Waals surface area contributed by atoms with Crippen LogP contribution in [0.2, 0.25) is 0 Å². The summed E-state index contributed by atoms with van der Waals surface area (Å²) in [5, 5.41) is 13.2. The summed E-state index contributed by atoms with van der Waals surface area (Å²) in [6, 6.07) is 8.69. The number of allylic oxidation sites excluding steroid dienone is 1. The molecule has 6 aliphatic rings. The van der Waals surface area contributed by atoms with Gasteiger partial charge in [-0.05, 0) is 114 Å². The van der Waals surface area contributed by atoms with E-state index in [1.165, 1.54) is 24.7 Å². The highest BCUT2D eigenvalue weighted by atomic mass is 16.5. The zero-order valence-electron chi connectivity index (χ0n) is 41.2. The van der Waals surface area contributed by atoms with Crippen LogP contribution in [-0.4, -0.2) is 154 Å². The van der Waals surface area contributed by atoms with Gasteiger partial charge in [0.2, 0.25) is 29.6 Å². The fraction of sp³-hybridized carbons (Fsp3) is 0.615. The molecule has 2 atom stereocenters. The van der Waals surface area contributed by atoms with E-state index < -0.39 is 5.97 Å². The zero-order chi connectivity index (χ0) is 48.6. The molecule has 0 radical (unpaired) electrons. The number of likely N-dealkylation sites (tertiary alicyclic amines) is 1. The Morgan fingerprint density at radius 3 is 2.11 bits per heavy atom. The van der Waals surface area contributed by atoms with Crippen LogP contribution in [0.3, 0.4) is 0 Å². The van der Waals surface area contributed by atoms with Crippen LogP contribution in [0.25, 0.3) is 0 Å². The molecule has 2 aliphatic carbocycles. The van der Waals surface area contributed by atoms with Gasteiger partial charge in [-0.2, -0.15) is 10.1 Å². The van der Waals surface area contributed by atoms with Crippen molar-refractivity contribution in [2.45, 2.75) is 102 Å². The summed E-state index contributed by atoms with van der Waals surface area (Å²) in [5.74, 6) is 0.940. The van der Waals surface area contributed by atoms with Crippen LogP contribution in [0.15, 0.2) is 54.6 Å². The Kier molecular flexibility index (Phi) is 16.1. The number of ether oxygens (including phenoxy) is 1. The molecule has 376 valence electrons. The number of rotatable bonds is 15. The first kappa shape index (κ1) is 49.1. The Bertz CT molecular complexity index is 2340. The van der Waals surface area contributed by atoms with E-state index in [0.29, 0.717) is 42.5 Å². The highest BCUT2D eigenvalue weighted by Crippen LogP contribution is 2.34. The molecule has 0 spiro atoms. The van der Waals surface area contributed by atoms with Crippen LogP contribution in [-0.2, 0) is 31.0 Å². The number of hydrogen-bond donors (Lipinski definition) is 3. The van der Waals surface area contributed by atoms with E-state index in [1.54, 1.807) is 17.8 Å². The molecule has 2 unspecified atom stereocenters. The summed E-state index contributed by atoms with van der Waals surface area (Å²) < 4.78 is 6.97. The number of aromatic nitrogens is 4. The second-order valence-electron chi connectivity index (χ2n) is 20.2. The molecular weight excluding hydrogens is 889 g/mol. The minimum Gasteiger partial charge on any atom is -0.462 e. The summed E-state index contributed by atoms with van der Waals surface area (Å²) >= 11 is 0. The van der Waals surface area contributed by atoms with Gasteiger partial charge in [0.25, 0.3) is 0 Å². The fourth-order valence-electron chi connectivity index (χ4n) is 11.5. The highest BCUT2D eigenvalue weighted by molar-refractivity contribution is 6.01. The van der Waals surface area contributed by atoms with Crippen molar-refractivity contribution in [1.82, 2.24) is 44.7 Å². The summed E-state index contributed by atoms with van der Waals surface area (Å²) in [4.78, 5) is 84.8. The van der Waals surface area contributed by atoms with E-state index in [0.717, 1.165) is 147 Å². The summed E-state index contributed by atoms with van der Waals surface area (Å²) in [7, 11) is 1.83. The number of carbonyl (C=O) groups is 5. The molecule has 4 amide bonds. The van der Waals surface area contributed by atoms with Crippen LogP contribution in [0, 0.1) is 17.8 Å². The van der Waals surface area contributed by atoms with Gasteiger partial charge in [0.15, 0.2) is 0 Å². The molecule has 3 aromatic rings. The van der Waals surface area contributed by atoms with Crippen molar-refractivity contribution in [2.24, 2.45) is 24.8 Å². The number of piperidine rings is 2. The molecule has 5 fully saturated rings. The molecule has 4 aliphatic heterocycles. The quantitative estimate of drug-likeness (QED) is 0.132. The van der Waals surface area contributed by atoms with Crippen LogP contribution in [0.1, 0.15) is 112 Å². The van der Waals surface area contributed by atoms with Crippen LogP contribution in [0.4, 0.5) is 23.1 Å². The third-order valence-electron chi connectivity index (χ3n) is 15.8. The smallest absolute Gasteiger partial charge is 0.343 e. The van der Waals surface area contributed by atoms with E-state index in [4.69, 9.17) is 4.74 Å². The third kappa shape index (κ3) is 12.2. The molecule has 0 bridgehead atoms. The van der Waals surface area contributed by atoms with Gasteiger partial charge >= 0.3 is 5.97 Å². The topological polar surface area (TPSA) is 190 Å². The highest BCUT2D eigenvalue weighted by Gasteiger charge is 2.37. The van der Waals surface area contributed by atoms with Gasteiger partial charge in [0, 0.05) is 121 Å². The first-order valence-corrected chi connectivity index (χ1v) is 26.0. The Labute approximate surface area is 411 Å². The predicted octanol–water partition coefficient (Wildman–Crippen LogP) is 5.29. The number of anilines is 4. The van der Waals surface area contributed by atoms with Crippen molar-refractivity contribution in [1.29, 1.82) is 0 Å². The average Bonchev–Trinajstić information content (AvgIpc) is 3.80. The number of nitrogens with zero attached hydrogens (tertiary/aromatic N) is 9. The van der Waals surface area contributed by atoms with Crippen molar-refractivity contribution >= 4 is 52.7 Å². The number of hydrogen-bond acceptors (Lipinski definition) is 14. The van der Waals surface area contributed by atoms with Crippen molar-refractivity contribution in [3.8, 4) is 0 Å². The van der Waals surface area contributed by atoms with E-state index in [-0.39, 0.29) is 47.6 Å². The molecular formula is C52H72N12O6. The molecule has 3 N–H and O–H groups in total. The minimum absolute atomic E-state index is 0.00958. The van der Waals surface area contributed by atoms with Gasteiger partial charge in [0.1, 0.15) is 11.4 Å². The molecule has 6 heterocycles. The van der Waals surface area contributed by atoms with Crippen molar-refractivity contribution < 1.29 is 28.7 Å². The Morgan fingerprint density at radius 1 is 0.786 bits per heavy atom. The largest absolute Gasteiger partial charge is 0.462 e. The second kappa shape index (κ2) is 22.9. The number of esters is 1. The number of imide groups is 1. The molecule has 70 heavy (non-hydrogen) atoms. The van der Waals surface area contributed by atoms with E-state index in [1.807, 2.05) is 25.4 Å². The van der Waals surface area contributed by atoms with Gasteiger partial charge in [-0.1, -0.05) is 18.2 Å². The number of aryl methyl sites for hydroxylation is 1. The Balaban J connectivity index is 0.641. The third-order valence-corrected chi connectivity index (χ3v) is 15.8. The molecule has 9 rings (SSSR count). The number of benzene rings is 1. The lowest BCUT2D eigenvalue weighted by Gasteiger charge is -2.42. The Morgan fingerprint density at radius 2 is 1.49 bits per heavy atom. The fourth-order valence-corrected chi connectivity index (χ4v) is 11.5. The maximum atomic E-state index is 13.8. The van der Waals surface area contributed by atoms with E-state index in [9.17, 15) is 24.0 Å². The maximum absolute atomic E-state index is 13.8. The monoisotopic (exact) mass is 961 g/mol. The zero-order valence-corrected chi connectivity index (χ0v) is 41.2. The van der Waals surface area contributed by atoms with Gasteiger partial charge in [0.05, 0.1) is 24.4 Å². The van der Waals surface area contributed by atoms with Crippen LogP contribution in [0.5, 0.6) is 0 Å². The normalized spacial score (nSPS) is 24.2. The lowest BCUT2D eigenvalue weighted by Crippen LogP contribution is -2.53. The average molecular weight is 961 g/mol. The van der Waals surface area contributed by atoms with E-state index >= 15 is 0 Å². The standard InChI is InChI=1S/C52H72N12O6/c1-3-70-51(69)45-34-53-52(56-41-33-54-59(2)35-41)58-47(45)55-40-12-16-43(17-13-40)62-29-31-64(32-30-62)50(68)39-8-6-38(7-9-39)49(67)63-23-20-36(21-24-63)5-4-22-60-25-27-61(28-26-60)42-14-10-37(11-15-42)44-18-19-46(65)57-48(44)66/h10-12,14-15,33-36,38-39,43-44H,3-9,13,16-32H2,1-2H3,(H,57,65,66)(H2,53,55,56,58). The molecule has 4 saturated heterocycles. The van der Waals surface area contributed by atoms with Gasteiger partial charge < -0.3 is 30.1 Å². The lowest BCUT2D eigenvalue weighted by atomic mass is 9.80. The first-order chi connectivity index (χ1) is 34.1. The maximum Gasteiger partial charge on any atom is 0.343 e. The lowest BCUT2D eigenvalue weighted by molar-refractivity contribution is -0.143. The Hall–Kier alpha value is -5.88. The summed E-state index contributed by atoms with van der Waals surface area (Å²) in [6.45, 7) is 12.1. The molecule has 18 heteroatoms. The number of nitrogens with one attached hydrogen (secondary N) is 3. The first-order valence-electron chi connectivity index (χ1n) is 26.0. The van der Waals surface area contributed by atoms with E-state index in [2.05, 4.69) is 73.7 Å². The van der Waals surface area contributed by atoms with Crippen molar-refractivity contribution in [2.75, 3.05) is 94.1 Å². The molecule has 18 nitrogen and oxygen atoms in total. The van der Waals surface area contributed by atoms with Gasteiger partial charge in [-0.3, -0.25) is 39.0 Å². The van der Waals surface area contributed by atoms with Crippen LogP contribution >= 0.6 is 0 Å². The van der Waals surface area contributed by atoms with Gasteiger partial charge in [-0.25, -0.2) is 9.78 Å². The second-order valence-corrected chi connectivity index (χ2v) is 20.2. The number of carbonyl (C=O) groups excluding carboxylic acids is 5. The SMILES string of the molecule is CCOC(=O)c1cnc(Nc2cnn(C)c2)nc1NC1=CCC(N2CCN(C(=O)C3CCC(C(=O)N4CCC(CCCN5CCN(c6ccc(C7CCC(=O)NC7=O)cc6)CC5)CC4)CC3)CC2)CC1. The molecule has 2 aromatic heterocycles. The number of piperazine rings is 2. The number of amides is 4. The summed E-state index contributed by atoms with van der Waals surface area (Å²) in [5.41, 5.74) is 4.18. The molecule has 1 aromatic carbocycles. The summed E-state index contributed by atoms with van der Waals surface area (Å²) in [6.07, 6.45) is 18.5. The van der Waals surface area contributed by atoms with Crippen molar-refractivity contribution in [3.63, 3.8) is 0 Å². The van der Waals surface area contributed by atoms with Gasteiger partial charge in [-0.15, -0.1) is 0 Å². The van der Waals surface area contributed by atoms with Crippen molar-refractivity contribution in [3.05, 3.63) is 65.8 Å². The minimum atomic E-state index is -0.477. The molecule has 1 saturated carbocycles. The predicted molar refractivity (Wildman–Crippen MR) is 266 cm³/mol.